The quantitative estimate of drug-likeness (QED) is 0.381. The summed E-state index contributed by atoms with van der Waals surface area (Å²) >= 11 is 7.66. The smallest absolute Gasteiger partial charge is 0.0339 e. The van der Waals surface area contributed by atoms with Gasteiger partial charge in [0.15, 0.2) is 0 Å². The fourth-order valence-corrected chi connectivity index (χ4v) is 0.316. The van der Waals surface area contributed by atoms with E-state index < -0.39 is 0 Å². The number of hydrogen-bond donors (Lipinski definition) is 2. The van der Waals surface area contributed by atoms with Crippen LogP contribution in [-0.2, 0) is 0 Å². The van der Waals surface area contributed by atoms with Crippen LogP contribution in [0.5, 0.6) is 0 Å². The summed E-state index contributed by atoms with van der Waals surface area (Å²) in [7, 11) is 0. The van der Waals surface area contributed by atoms with Gasteiger partial charge in [-0.1, -0.05) is 12.7 Å². The highest BCUT2D eigenvalue weighted by Gasteiger charge is 1.65. The van der Waals surface area contributed by atoms with E-state index in [0.29, 0.717) is 4.24 Å². The molecule has 0 heterocycles. The first-order valence-corrected chi connectivity index (χ1v) is 2.37. The molecule has 0 atom stereocenters. The molecule has 0 spiro atoms. The van der Waals surface area contributed by atoms with E-state index in [0.717, 1.165) is 0 Å². The van der Waals surface area contributed by atoms with Gasteiger partial charge in [-0.15, -0.1) is 25.3 Å². The zero-order chi connectivity index (χ0) is 4.99. The van der Waals surface area contributed by atoms with Gasteiger partial charge in [0.05, 0.1) is 0 Å². The van der Waals surface area contributed by atoms with E-state index in [1.165, 1.54) is 0 Å². The molecule has 0 aromatic rings. The lowest BCUT2D eigenvalue weighted by atomic mass is 10.6. The second-order valence-electron chi connectivity index (χ2n) is 0.761. The zero-order valence-corrected chi connectivity index (χ0v) is 5.05. The average molecular weight is 118 g/mol. The lowest BCUT2D eigenvalue weighted by Gasteiger charge is -1.74. The first kappa shape index (κ1) is 6.18. The van der Waals surface area contributed by atoms with E-state index in [-0.39, 0.29) is 0 Å². The monoisotopic (exact) mass is 118 g/mol. The van der Waals surface area contributed by atoms with Gasteiger partial charge in [0, 0.05) is 4.24 Å². The third kappa shape index (κ3) is 4.18. The highest BCUT2D eigenvalue weighted by atomic mass is 32.2. The van der Waals surface area contributed by atoms with Gasteiger partial charge < -0.3 is 0 Å². The predicted octanol–water partition coefficient (Wildman–Crippen LogP) is 1.87. The van der Waals surface area contributed by atoms with Crippen LogP contribution in [0.15, 0.2) is 23.0 Å². The molecule has 0 N–H and O–H groups in total. The second-order valence-corrected chi connectivity index (χ2v) is 2.08. The highest BCUT2D eigenvalue weighted by molar-refractivity contribution is 8.05. The summed E-state index contributed by atoms with van der Waals surface area (Å²) in [6.45, 7) is 3.43. The first-order chi connectivity index (χ1) is 2.77. The summed E-state index contributed by atoms with van der Waals surface area (Å²) in [6, 6.07) is 0. The largest absolute Gasteiger partial charge is 0.137 e. The summed E-state index contributed by atoms with van der Waals surface area (Å²) < 4.78 is 0.685. The molecule has 2 heteroatoms. The Kier molecular flexibility index (Phi) is 3.47. The van der Waals surface area contributed by atoms with Crippen molar-refractivity contribution in [3.63, 3.8) is 0 Å². The van der Waals surface area contributed by atoms with Crippen molar-refractivity contribution in [1.29, 1.82) is 0 Å². The molecule has 0 saturated heterocycles. The average Bonchev–Trinajstić information content (AvgIpc) is 1.35. The number of thiol groups is 2. The highest BCUT2D eigenvalue weighted by Crippen LogP contribution is 2.02. The standard InChI is InChI=1S/C4H6S2/c1-2-3-4(5)6/h2-3,5-6H,1H2. The Labute approximate surface area is 48.8 Å². The van der Waals surface area contributed by atoms with Gasteiger partial charge >= 0.3 is 0 Å². The van der Waals surface area contributed by atoms with Crippen LogP contribution in [0.4, 0.5) is 0 Å². The molecule has 0 rings (SSSR count). The Balaban J connectivity index is 3.41. The third-order valence-corrected chi connectivity index (χ3v) is 0.565. The molecule has 0 fully saturated rings. The Morgan fingerprint density at radius 2 is 2.00 bits per heavy atom. The van der Waals surface area contributed by atoms with Gasteiger partial charge in [0.2, 0.25) is 0 Å². The lowest BCUT2D eigenvalue weighted by molar-refractivity contribution is 2.10. The maximum atomic E-state index is 3.83. The maximum Gasteiger partial charge on any atom is 0.0339 e. The van der Waals surface area contributed by atoms with Crippen LogP contribution >= 0.6 is 25.3 Å². The van der Waals surface area contributed by atoms with Crippen LogP contribution in [0.3, 0.4) is 0 Å². The Hall–Kier alpha value is 0.180. The minimum absolute atomic E-state index is 0.685. The maximum absolute atomic E-state index is 3.83. The number of rotatable bonds is 1. The van der Waals surface area contributed by atoms with Crippen LogP contribution in [0, 0.1) is 0 Å². The Morgan fingerprint density at radius 3 is 2.00 bits per heavy atom. The lowest BCUT2D eigenvalue weighted by Crippen LogP contribution is -1.43. The van der Waals surface area contributed by atoms with Crippen molar-refractivity contribution in [3.05, 3.63) is 23.0 Å². The minimum Gasteiger partial charge on any atom is -0.137 e. The van der Waals surface area contributed by atoms with E-state index in [1.807, 2.05) is 0 Å². The van der Waals surface area contributed by atoms with Crippen molar-refractivity contribution in [3.8, 4) is 0 Å². The summed E-state index contributed by atoms with van der Waals surface area (Å²) in [5.41, 5.74) is 0. The van der Waals surface area contributed by atoms with Gasteiger partial charge in [0.25, 0.3) is 0 Å². The van der Waals surface area contributed by atoms with Crippen LogP contribution in [-0.4, -0.2) is 0 Å². The molecule has 0 nitrogen and oxygen atoms in total. The summed E-state index contributed by atoms with van der Waals surface area (Å²) in [5.74, 6) is 0. The molecular formula is C4H6S2. The molecule has 0 unspecified atom stereocenters. The third-order valence-electron chi connectivity index (χ3n) is 0.267. The van der Waals surface area contributed by atoms with Crippen LogP contribution in [0.25, 0.3) is 0 Å². The van der Waals surface area contributed by atoms with E-state index in [1.54, 1.807) is 12.2 Å². The van der Waals surface area contributed by atoms with E-state index in [2.05, 4.69) is 31.8 Å². The molecule has 0 radical (unpaired) electrons. The van der Waals surface area contributed by atoms with Gasteiger partial charge in [-0.25, -0.2) is 0 Å². The number of hydrogen-bond acceptors (Lipinski definition) is 2. The predicted molar refractivity (Wildman–Crippen MR) is 36.3 cm³/mol. The molecular weight excluding hydrogens is 112 g/mol. The molecule has 0 bridgehead atoms. The van der Waals surface area contributed by atoms with Gasteiger partial charge in [-0.05, 0) is 6.08 Å². The molecule has 34 valence electrons. The fraction of sp³-hybridized carbons (Fsp3) is 0. The second kappa shape index (κ2) is 3.37. The van der Waals surface area contributed by atoms with E-state index in [9.17, 15) is 0 Å². The van der Waals surface area contributed by atoms with Crippen LogP contribution in [0.1, 0.15) is 0 Å². The molecule has 6 heavy (non-hydrogen) atoms. The van der Waals surface area contributed by atoms with Crippen molar-refractivity contribution >= 4 is 25.3 Å². The van der Waals surface area contributed by atoms with Crippen LogP contribution < -0.4 is 0 Å². The minimum atomic E-state index is 0.685. The molecule has 0 aromatic carbocycles. The Bertz CT molecular complexity index is 69.6. The van der Waals surface area contributed by atoms with Gasteiger partial charge in [-0.3, -0.25) is 0 Å². The summed E-state index contributed by atoms with van der Waals surface area (Å²) in [4.78, 5) is 0. The molecule has 0 aromatic heterocycles. The molecule has 0 aliphatic carbocycles. The van der Waals surface area contributed by atoms with E-state index in [4.69, 9.17) is 0 Å². The topological polar surface area (TPSA) is 0 Å². The van der Waals surface area contributed by atoms with Gasteiger partial charge in [-0.2, -0.15) is 0 Å². The van der Waals surface area contributed by atoms with Crippen molar-refractivity contribution in [2.45, 2.75) is 0 Å². The Morgan fingerprint density at radius 1 is 1.50 bits per heavy atom. The SMILES string of the molecule is C=CC=C(S)S. The van der Waals surface area contributed by atoms with Crippen molar-refractivity contribution in [2.24, 2.45) is 0 Å². The molecule has 0 amide bonds. The number of allylic oxidation sites excluding steroid dienone is 2. The first-order valence-electron chi connectivity index (χ1n) is 1.48. The van der Waals surface area contributed by atoms with Crippen molar-refractivity contribution in [2.75, 3.05) is 0 Å². The summed E-state index contributed by atoms with van der Waals surface area (Å²) in [6.07, 6.45) is 3.33. The molecule has 0 saturated carbocycles. The zero-order valence-electron chi connectivity index (χ0n) is 3.26. The van der Waals surface area contributed by atoms with Gasteiger partial charge in [0.1, 0.15) is 0 Å². The van der Waals surface area contributed by atoms with Crippen LogP contribution in [0.2, 0.25) is 0 Å². The normalized spacial score (nSPS) is 7.00. The van der Waals surface area contributed by atoms with Crippen molar-refractivity contribution < 1.29 is 0 Å². The van der Waals surface area contributed by atoms with Crippen molar-refractivity contribution in [1.82, 2.24) is 0 Å². The molecule has 0 aliphatic heterocycles. The van der Waals surface area contributed by atoms with E-state index >= 15 is 0 Å². The molecule has 0 aliphatic rings. The summed E-state index contributed by atoms with van der Waals surface area (Å²) in [5, 5.41) is 0. The fourth-order valence-electron chi connectivity index (χ4n) is 0.105.